The molecule has 4 unspecified atom stereocenters. The lowest BCUT2D eigenvalue weighted by molar-refractivity contribution is -0.328. The van der Waals surface area contributed by atoms with Gasteiger partial charge in [-0.25, -0.2) is 9.59 Å². The Morgan fingerprint density at radius 3 is 2.18 bits per heavy atom. The highest BCUT2D eigenvalue weighted by Crippen LogP contribution is 2.27. The van der Waals surface area contributed by atoms with Crippen LogP contribution >= 0.6 is 0 Å². The van der Waals surface area contributed by atoms with Crippen molar-refractivity contribution in [2.24, 2.45) is 5.73 Å². The summed E-state index contributed by atoms with van der Waals surface area (Å²) in [6.45, 7) is 1.54. The topological polar surface area (TPSA) is 238 Å². The van der Waals surface area contributed by atoms with Crippen molar-refractivity contribution in [1.29, 1.82) is 0 Å². The molecule has 0 bridgehead atoms. The molecule has 2 rings (SSSR count). The van der Waals surface area contributed by atoms with Crippen LogP contribution in [0.5, 0.6) is 0 Å². The summed E-state index contributed by atoms with van der Waals surface area (Å²) >= 11 is 0. The Labute approximate surface area is 226 Å². The average Bonchev–Trinajstić information content (AvgIpc) is 2.91. The second kappa shape index (κ2) is 16.5. The maximum atomic E-state index is 12.7. The number of amides is 1. The van der Waals surface area contributed by atoms with Crippen LogP contribution < -0.4 is 11.1 Å². The van der Waals surface area contributed by atoms with Crippen molar-refractivity contribution in [3.8, 4) is 0 Å². The molecule has 16 heteroatoms. The van der Waals surface area contributed by atoms with Crippen molar-refractivity contribution in [2.75, 3.05) is 40.6 Å². The van der Waals surface area contributed by atoms with Crippen molar-refractivity contribution in [1.82, 2.24) is 5.32 Å². The zero-order chi connectivity index (χ0) is 29.1. The number of alkyl carbamates (subject to hydrolysis) is 1. The number of nitrogens with one attached hydrogen (secondary N) is 1. The third-order valence-electron chi connectivity index (χ3n) is 6.35. The van der Waals surface area contributed by atoms with Crippen molar-refractivity contribution in [3.05, 3.63) is 0 Å². The van der Waals surface area contributed by atoms with E-state index >= 15 is 0 Å². The highest BCUT2D eigenvalue weighted by molar-refractivity contribution is 5.81. The maximum Gasteiger partial charge on any atom is 0.408 e. The van der Waals surface area contributed by atoms with E-state index in [2.05, 4.69) is 5.32 Å². The Kier molecular flexibility index (Phi) is 14.2. The molecule has 2 aliphatic heterocycles. The van der Waals surface area contributed by atoms with Gasteiger partial charge in [-0.1, -0.05) is 0 Å². The number of hydrogen-bond donors (Lipinski definition) is 7. The summed E-state index contributed by atoms with van der Waals surface area (Å²) in [7, 11) is 2.58. The molecule has 0 aromatic rings. The van der Waals surface area contributed by atoms with Gasteiger partial charge in [-0.05, 0) is 32.7 Å². The minimum Gasteiger partial charge on any atom is -0.464 e. The molecule has 11 atom stereocenters. The predicted octanol–water partition coefficient (Wildman–Crippen LogP) is -3.29. The summed E-state index contributed by atoms with van der Waals surface area (Å²) < 4.78 is 36.8. The summed E-state index contributed by atoms with van der Waals surface area (Å²) in [5, 5.41) is 54.2. The molecule has 228 valence electrons. The van der Waals surface area contributed by atoms with Crippen LogP contribution in [0.1, 0.15) is 26.2 Å². The standard InChI is InChI=1S/C23H42N2O14/c1-4-35-20(31)11(7-5-6-8-24)25-23(32)39-19-15(27)13(37-21(34-3)18(19)30)10-36-22-17(29)16(28)14(26)12(38-22)9-33-2/h11-19,21-22,26-30H,4-10,24H2,1-3H3,(H,25,32)/t11-,12?,13?,14+,15+,16-,17?,18?,19-,21-,22-/m0/s1. The highest BCUT2D eigenvalue weighted by atomic mass is 16.7. The van der Waals surface area contributed by atoms with Gasteiger partial charge >= 0.3 is 12.1 Å². The van der Waals surface area contributed by atoms with Gasteiger partial charge in [0.15, 0.2) is 18.7 Å². The Morgan fingerprint density at radius 2 is 1.56 bits per heavy atom. The SMILES string of the molecule is CCOC(=O)[C@H](CCCCN)NC(=O)O[C@@H]1C(O)[C@@H](OC)OC(CO[C@H]2OC(COC)[C@@H](O)[C@H](O)C2O)[C@H]1O. The molecular formula is C23H42N2O14. The Bertz CT molecular complexity index is 748. The molecule has 0 aliphatic carbocycles. The van der Waals surface area contributed by atoms with Crippen LogP contribution in [-0.4, -0.2) is 146 Å². The highest BCUT2D eigenvalue weighted by Gasteiger charge is 2.49. The van der Waals surface area contributed by atoms with E-state index in [0.29, 0.717) is 19.4 Å². The van der Waals surface area contributed by atoms with Crippen LogP contribution in [-0.2, 0) is 38.0 Å². The summed E-state index contributed by atoms with van der Waals surface area (Å²) in [4.78, 5) is 24.9. The van der Waals surface area contributed by atoms with Crippen molar-refractivity contribution in [2.45, 2.75) is 93.6 Å². The number of aliphatic hydroxyl groups excluding tert-OH is 5. The molecule has 16 nitrogen and oxygen atoms in total. The van der Waals surface area contributed by atoms with Gasteiger partial charge < -0.3 is 69.7 Å². The normalized spacial score (nSPS) is 35.7. The van der Waals surface area contributed by atoms with E-state index in [1.165, 1.54) is 14.2 Å². The zero-order valence-corrected chi connectivity index (χ0v) is 22.3. The average molecular weight is 571 g/mol. The summed E-state index contributed by atoms with van der Waals surface area (Å²) in [6, 6.07) is -1.04. The molecule has 2 heterocycles. The van der Waals surface area contributed by atoms with E-state index in [9.17, 15) is 35.1 Å². The number of methoxy groups -OCH3 is 2. The van der Waals surface area contributed by atoms with Crippen molar-refractivity contribution in [3.63, 3.8) is 0 Å². The molecular weight excluding hydrogens is 528 g/mol. The van der Waals surface area contributed by atoms with E-state index in [1.807, 2.05) is 0 Å². The first kappa shape index (κ1) is 33.5. The summed E-state index contributed by atoms with van der Waals surface area (Å²) in [6.07, 6.45) is -14.3. The molecule has 1 amide bonds. The second-order valence-electron chi connectivity index (χ2n) is 9.17. The molecule has 0 saturated carbocycles. The van der Waals surface area contributed by atoms with E-state index in [-0.39, 0.29) is 19.6 Å². The van der Waals surface area contributed by atoms with Crippen LogP contribution in [0, 0.1) is 0 Å². The predicted molar refractivity (Wildman–Crippen MR) is 129 cm³/mol. The summed E-state index contributed by atoms with van der Waals surface area (Å²) in [5.74, 6) is -0.675. The van der Waals surface area contributed by atoms with Gasteiger partial charge in [0.2, 0.25) is 0 Å². The van der Waals surface area contributed by atoms with Crippen molar-refractivity contribution >= 4 is 12.1 Å². The fourth-order valence-corrected chi connectivity index (χ4v) is 4.20. The number of esters is 1. The zero-order valence-electron chi connectivity index (χ0n) is 22.3. The fourth-order valence-electron chi connectivity index (χ4n) is 4.20. The minimum atomic E-state index is -1.65. The quantitative estimate of drug-likeness (QED) is 0.0800. The lowest BCUT2D eigenvalue weighted by Crippen LogP contribution is -2.62. The largest absolute Gasteiger partial charge is 0.464 e. The molecule has 0 spiro atoms. The molecule has 8 N–H and O–H groups in total. The third-order valence-corrected chi connectivity index (χ3v) is 6.35. The number of ether oxygens (including phenoxy) is 7. The van der Waals surface area contributed by atoms with E-state index in [0.717, 1.165) is 0 Å². The first-order valence-electron chi connectivity index (χ1n) is 12.8. The number of nitrogens with two attached hydrogens (primary N) is 1. The van der Waals surface area contributed by atoms with E-state index in [1.54, 1.807) is 6.92 Å². The second-order valence-corrected chi connectivity index (χ2v) is 9.17. The maximum absolute atomic E-state index is 12.7. The number of carbonyl (C=O) groups is 2. The van der Waals surface area contributed by atoms with Crippen LogP contribution in [0.2, 0.25) is 0 Å². The fraction of sp³-hybridized carbons (Fsp3) is 0.913. The lowest BCUT2D eigenvalue weighted by atomic mass is 9.98. The number of unbranched alkanes of at least 4 members (excludes halogenated alkanes) is 1. The number of rotatable bonds is 14. The van der Waals surface area contributed by atoms with Crippen LogP contribution in [0.15, 0.2) is 0 Å². The molecule has 0 aromatic carbocycles. The number of hydrogen-bond acceptors (Lipinski definition) is 15. The van der Waals surface area contributed by atoms with Gasteiger partial charge in [0.1, 0.15) is 48.8 Å². The molecule has 2 fully saturated rings. The van der Waals surface area contributed by atoms with Gasteiger partial charge in [-0.3, -0.25) is 0 Å². The molecule has 0 radical (unpaired) electrons. The van der Waals surface area contributed by atoms with Crippen LogP contribution in [0.3, 0.4) is 0 Å². The van der Waals surface area contributed by atoms with Gasteiger partial charge in [0.05, 0.1) is 19.8 Å². The smallest absolute Gasteiger partial charge is 0.408 e. The molecule has 2 aliphatic rings. The molecule has 2 saturated heterocycles. The van der Waals surface area contributed by atoms with Gasteiger partial charge in [0, 0.05) is 14.2 Å². The monoisotopic (exact) mass is 570 g/mol. The van der Waals surface area contributed by atoms with Gasteiger partial charge in [-0.15, -0.1) is 0 Å². The number of aliphatic hydroxyl groups is 5. The lowest BCUT2D eigenvalue weighted by Gasteiger charge is -2.43. The Morgan fingerprint density at radius 1 is 0.897 bits per heavy atom. The molecule has 39 heavy (non-hydrogen) atoms. The Hall–Kier alpha value is -1.70. The first-order valence-corrected chi connectivity index (χ1v) is 12.8. The number of carbonyl (C=O) groups excluding carboxylic acids is 2. The van der Waals surface area contributed by atoms with E-state index in [4.69, 9.17) is 38.9 Å². The third kappa shape index (κ3) is 9.15. The minimum absolute atomic E-state index is 0.0964. The first-order chi connectivity index (χ1) is 18.6. The van der Waals surface area contributed by atoms with E-state index < -0.39 is 86.1 Å². The van der Waals surface area contributed by atoms with Crippen LogP contribution in [0.4, 0.5) is 4.79 Å². The molecule has 0 aromatic heterocycles. The van der Waals surface area contributed by atoms with Crippen LogP contribution in [0.25, 0.3) is 0 Å². The van der Waals surface area contributed by atoms with Crippen molar-refractivity contribution < 1.29 is 68.3 Å². The van der Waals surface area contributed by atoms with Gasteiger partial charge in [-0.2, -0.15) is 0 Å². The Balaban J connectivity index is 2.06. The summed E-state index contributed by atoms with van der Waals surface area (Å²) in [5.41, 5.74) is 5.49. The van der Waals surface area contributed by atoms with Gasteiger partial charge in [0.25, 0.3) is 0 Å².